The molecule has 8 heteroatoms. The first kappa shape index (κ1) is 24.3. The van der Waals surface area contributed by atoms with Gasteiger partial charge in [-0.1, -0.05) is 68.6 Å². The summed E-state index contributed by atoms with van der Waals surface area (Å²) in [5.74, 6) is 0. The lowest BCUT2D eigenvalue weighted by Crippen LogP contribution is -2.62. The van der Waals surface area contributed by atoms with Crippen molar-refractivity contribution in [3.05, 3.63) is 57.6 Å². The largest absolute Gasteiger partial charge is 0.425 e. The lowest BCUT2D eigenvalue weighted by molar-refractivity contribution is -0.360. The second kappa shape index (κ2) is 7.95. The average molecular weight is 430 g/mol. The summed E-state index contributed by atoms with van der Waals surface area (Å²) in [5.41, 5.74) is -0.0268. The Morgan fingerprint density at radius 3 is 1.13 bits per heavy atom. The monoisotopic (exact) mass is 430 g/mol. The normalized spacial score (nSPS) is 13.0. The van der Waals surface area contributed by atoms with Crippen LogP contribution in [0.4, 0.5) is 26.3 Å². The molecule has 2 rings (SSSR count). The van der Waals surface area contributed by atoms with Crippen LogP contribution in [-0.4, -0.2) is 29.8 Å². The highest BCUT2D eigenvalue weighted by Crippen LogP contribution is 2.46. The molecule has 2 aromatic rings. The number of hydrogen-bond donors (Lipinski definition) is 1. The summed E-state index contributed by atoms with van der Waals surface area (Å²) in [4.78, 5) is 0. The lowest BCUT2D eigenvalue weighted by atomic mass is 9.34. The molecule has 30 heavy (non-hydrogen) atoms. The van der Waals surface area contributed by atoms with Crippen molar-refractivity contribution in [3.8, 4) is 0 Å². The first-order valence-corrected chi connectivity index (χ1v) is 9.51. The summed E-state index contributed by atoms with van der Waals surface area (Å²) >= 11 is 0. The zero-order valence-electron chi connectivity index (χ0n) is 17.8. The molecule has 0 aromatic heterocycles. The van der Waals surface area contributed by atoms with Gasteiger partial charge in [-0.2, -0.15) is 26.3 Å². The third-order valence-electron chi connectivity index (χ3n) is 5.61. The van der Waals surface area contributed by atoms with Gasteiger partial charge in [-0.15, -0.1) is 0 Å². The second-order valence-corrected chi connectivity index (χ2v) is 8.24. The van der Waals surface area contributed by atoms with Crippen molar-refractivity contribution >= 4 is 17.6 Å². The van der Waals surface area contributed by atoms with Crippen LogP contribution >= 0.6 is 0 Å². The fraction of sp³-hybridized carbons (Fsp3) is 0.455. The van der Waals surface area contributed by atoms with E-state index in [1.54, 1.807) is 52.0 Å². The van der Waals surface area contributed by atoms with Crippen LogP contribution in [0.15, 0.2) is 24.3 Å². The van der Waals surface area contributed by atoms with Gasteiger partial charge in [0.2, 0.25) is 6.71 Å². The first-order valence-electron chi connectivity index (χ1n) is 9.51. The highest BCUT2D eigenvalue weighted by Gasteiger charge is 2.70. The molecule has 0 bridgehead atoms. The van der Waals surface area contributed by atoms with Crippen LogP contribution in [0.2, 0.25) is 6.32 Å². The maximum Gasteiger partial charge on any atom is 0.425 e. The molecule has 164 valence electrons. The van der Waals surface area contributed by atoms with Crippen molar-refractivity contribution in [1.29, 1.82) is 0 Å². The number of halogens is 6. The van der Waals surface area contributed by atoms with Gasteiger partial charge in [-0.05, 0) is 47.9 Å². The van der Waals surface area contributed by atoms with Gasteiger partial charge in [0.25, 0.3) is 5.60 Å². The number of benzene rings is 2. The number of alkyl halides is 6. The van der Waals surface area contributed by atoms with Gasteiger partial charge in [0, 0.05) is 0 Å². The summed E-state index contributed by atoms with van der Waals surface area (Å²) in [7, 11) is 0. The van der Waals surface area contributed by atoms with Gasteiger partial charge in [-0.3, -0.25) is 0 Å². The van der Waals surface area contributed by atoms with Crippen LogP contribution in [0, 0.1) is 41.5 Å². The molecular weight excluding hydrogens is 405 g/mol. The van der Waals surface area contributed by atoms with E-state index in [0.29, 0.717) is 33.2 Å². The fourth-order valence-corrected chi connectivity index (χ4v) is 4.52. The molecule has 0 amide bonds. The van der Waals surface area contributed by atoms with E-state index < -0.39 is 31.0 Å². The van der Waals surface area contributed by atoms with Crippen LogP contribution in [0.3, 0.4) is 0 Å². The van der Waals surface area contributed by atoms with E-state index in [-0.39, 0.29) is 0 Å². The third kappa shape index (κ3) is 4.38. The Morgan fingerprint density at radius 2 is 0.900 bits per heavy atom. The minimum Gasteiger partial charge on any atom is -0.374 e. The van der Waals surface area contributed by atoms with E-state index in [1.165, 1.54) is 0 Å². The van der Waals surface area contributed by atoms with Crippen molar-refractivity contribution in [2.45, 2.75) is 65.8 Å². The Labute approximate surface area is 173 Å². The molecule has 0 aliphatic carbocycles. The van der Waals surface area contributed by atoms with Crippen LogP contribution in [0.25, 0.3) is 0 Å². The molecule has 0 saturated carbocycles. The number of aryl methyl sites for hydroxylation is 6. The Bertz CT molecular complexity index is 828. The summed E-state index contributed by atoms with van der Waals surface area (Å²) in [6, 6.07) is 6.92. The molecule has 0 radical (unpaired) electrons. The van der Waals surface area contributed by atoms with E-state index in [4.69, 9.17) is 0 Å². The van der Waals surface area contributed by atoms with E-state index in [0.717, 1.165) is 11.1 Å². The Kier molecular flexibility index (Phi) is 6.44. The number of rotatable bonds is 4. The van der Waals surface area contributed by atoms with Crippen LogP contribution in [0.5, 0.6) is 0 Å². The van der Waals surface area contributed by atoms with Crippen LogP contribution < -0.4 is 10.9 Å². The highest BCUT2D eigenvalue weighted by atomic mass is 19.4. The highest BCUT2D eigenvalue weighted by molar-refractivity contribution is 6.86. The minimum atomic E-state index is -5.87. The number of aliphatic hydroxyl groups is 1. The van der Waals surface area contributed by atoms with E-state index in [9.17, 15) is 31.4 Å². The van der Waals surface area contributed by atoms with Crippen molar-refractivity contribution in [2.24, 2.45) is 0 Å². The molecule has 1 nitrogen and oxygen atoms in total. The zero-order chi connectivity index (χ0) is 23.2. The predicted molar refractivity (Wildman–Crippen MR) is 108 cm³/mol. The predicted octanol–water partition coefficient (Wildman–Crippen LogP) is 5.00. The van der Waals surface area contributed by atoms with E-state index >= 15 is 0 Å². The molecule has 1 N–H and O–H groups in total. The molecule has 2 aromatic carbocycles. The quantitative estimate of drug-likeness (QED) is 0.535. The minimum absolute atomic E-state index is 0.377. The molecule has 0 spiro atoms. The first-order chi connectivity index (χ1) is 13.5. The standard InChI is InChI=1S/C22H25BF6O/c1-12-7-14(3)18(15(4)8-12)23(19-16(5)9-13(2)10-17(19)6)11-20(30,21(24,25)26)22(27,28)29/h7-10,30H,11H2,1-6H3. The maximum absolute atomic E-state index is 13.6. The van der Waals surface area contributed by atoms with Gasteiger partial charge >= 0.3 is 12.4 Å². The molecule has 0 unspecified atom stereocenters. The Hall–Kier alpha value is -1.96. The van der Waals surface area contributed by atoms with Crippen molar-refractivity contribution in [3.63, 3.8) is 0 Å². The second-order valence-electron chi connectivity index (χ2n) is 8.24. The third-order valence-corrected chi connectivity index (χ3v) is 5.61. The molecule has 0 aliphatic rings. The number of hydrogen-bond acceptors (Lipinski definition) is 1. The summed E-state index contributed by atoms with van der Waals surface area (Å²) in [5, 5.41) is 10.0. The molecule has 0 aliphatic heterocycles. The van der Waals surface area contributed by atoms with Gasteiger partial charge in [0.1, 0.15) is 0 Å². The Balaban J connectivity index is 2.86. The molecule has 0 atom stereocenters. The summed E-state index contributed by atoms with van der Waals surface area (Å²) in [6.07, 6.45) is -13.3. The summed E-state index contributed by atoms with van der Waals surface area (Å²) < 4.78 is 81.3. The average Bonchev–Trinajstić information content (AvgIpc) is 2.50. The fourth-order valence-electron chi connectivity index (χ4n) is 4.52. The van der Waals surface area contributed by atoms with Gasteiger partial charge < -0.3 is 5.11 Å². The van der Waals surface area contributed by atoms with E-state index in [1.807, 2.05) is 13.8 Å². The molecule has 0 heterocycles. The van der Waals surface area contributed by atoms with Crippen molar-refractivity contribution < 1.29 is 31.4 Å². The molecule has 0 saturated heterocycles. The van der Waals surface area contributed by atoms with Crippen molar-refractivity contribution in [2.75, 3.05) is 0 Å². The van der Waals surface area contributed by atoms with E-state index in [2.05, 4.69) is 0 Å². The maximum atomic E-state index is 13.6. The van der Waals surface area contributed by atoms with Gasteiger partial charge in [-0.25, -0.2) is 0 Å². The summed E-state index contributed by atoms with van der Waals surface area (Å²) in [6.45, 7) is 9.00. The molecular formula is C22H25BF6O. The molecule has 0 fully saturated rings. The van der Waals surface area contributed by atoms with Gasteiger partial charge in [0.05, 0.1) is 0 Å². The zero-order valence-corrected chi connectivity index (χ0v) is 17.8. The van der Waals surface area contributed by atoms with Crippen LogP contribution in [0.1, 0.15) is 33.4 Å². The Morgan fingerprint density at radius 1 is 0.633 bits per heavy atom. The van der Waals surface area contributed by atoms with Crippen molar-refractivity contribution in [1.82, 2.24) is 0 Å². The SMILES string of the molecule is Cc1cc(C)c(B(CC(O)(C(F)(F)F)C(F)(F)F)c2c(C)cc(C)cc2C)c(C)c1. The van der Waals surface area contributed by atoms with Crippen LogP contribution in [-0.2, 0) is 0 Å². The topological polar surface area (TPSA) is 20.2 Å². The van der Waals surface area contributed by atoms with Gasteiger partial charge in [0.15, 0.2) is 0 Å². The smallest absolute Gasteiger partial charge is 0.374 e. The lowest BCUT2D eigenvalue weighted by Gasteiger charge is -2.36.